The van der Waals surface area contributed by atoms with Crippen molar-refractivity contribution in [3.63, 3.8) is 0 Å². The summed E-state index contributed by atoms with van der Waals surface area (Å²) in [5, 5.41) is 7.47. The summed E-state index contributed by atoms with van der Waals surface area (Å²) < 4.78 is 5.57. The van der Waals surface area contributed by atoms with Gasteiger partial charge in [0.25, 0.3) is 0 Å². The SMILES string of the molecule is COC1(C)CCCN(c2cc(C(=N)N)ccn2)C1. The van der Waals surface area contributed by atoms with Gasteiger partial charge in [-0.3, -0.25) is 5.41 Å². The Labute approximate surface area is 107 Å². The van der Waals surface area contributed by atoms with Gasteiger partial charge < -0.3 is 15.4 Å². The van der Waals surface area contributed by atoms with E-state index in [9.17, 15) is 0 Å². The number of amidine groups is 1. The highest BCUT2D eigenvalue weighted by molar-refractivity contribution is 5.95. The summed E-state index contributed by atoms with van der Waals surface area (Å²) in [6, 6.07) is 3.62. The molecule has 0 bridgehead atoms. The molecule has 0 amide bonds. The lowest BCUT2D eigenvalue weighted by Crippen LogP contribution is -2.47. The first kappa shape index (κ1) is 12.8. The summed E-state index contributed by atoms with van der Waals surface area (Å²) in [5.74, 6) is 0.941. The van der Waals surface area contributed by atoms with Crippen molar-refractivity contribution in [3.05, 3.63) is 23.9 Å². The molecule has 0 saturated carbocycles. The molecule has 0 radical (unpaired) electrons. The third kappa shape index (κ3) is 2.61. The van der Waals surface area contributed by atoms with Gasteiger partial charge in [0, 0.05) is 32.0 Å². The summed E-state index contributed by atoms with van der Waals surface area (Å²) in [4.78, 5) is 6.56. The summed E-state index contributed by atoms with van der Waals surface area (Å²) in [7, 11) is 1.75. The lowest BCUT2D eigenvalue weighted by atomic mass is 9.95. The number of pyridine rings is 1. The molecule has 0 aliphatic carbocycles. The topological polar surface area (TPSA) is 75.2 Å². The number of nitrogen functional groups attached to an aromatic ring is 1. The van der Waals surface area contributed by atoms with Crippen LogP contribution in [0, 0.1) is 5.41 Å². The molecule has 98 valence electrons. The Hall–Kier alpha value is -1.62. The minimum absolute atomic E-state index is 0.0742. The zero-order chi connectivity index (χ0) is 13.2. The van der Waals surface area contributed by atoms with Gasteiger partial charge in [0.05, 0.1) is 5.60 Å². The molecule has 1 aliphatic heterocycles. The molecule has 0 spiro atoms. The molecule has 0 aromatic carbocycles. The van der Waals surface area contributed by atoms with Crippen molar-refractivity contribution in [2.45, 2.75) is 25.4 Å². The second-order valence-corrected chi connectivity index (χ2v) is 5.00. The number of hydrogen-bond acceptors (Lipinski definition) is 4. The molecule has 1 unspecified atom stereocenters. The summed E-state index contributed by atoms with van der Waals surface area (Å²) in [6.45, 7) is 3.90. The minimum Gasteiger partial charge on any atom is -0.384 e. The monoisotopic (exact) mass is 248 g/mol. The number of rotatable bonds is 3. The van der Waals surface area contributed by atoms with Crippen molar-refractivity contribution >= 4 is 11.7 Å². The van der Waals surface area contributed by atoms with E-state index in [1.54, 1.807) is 19.4 Å². The van der Waals surface area contributed by atoms with E-state index in [4.69, 9.17) is 15.9 Å². The minimum atomic E-state index is -0.119. The van der Waals surface area contributed by atoms with Gasteiger partial charge in [-0.2, -0.15) is 0 Å². The number of nitrogens with one attached hydrogen (secondary N) is 1. The van der Waals surface area contributed by atoms with Gasteiger partial charge in [0.2, 0.25) is 0 Å². The molecule has 18 heavy (non-hydrogen) atoms. The van der Waals surface area contributed by atoms with Gasteiger partial charge in [0.15, 0.2) is 0 Å². The fourth-order valence-electron chi connectivity index (χ4n) is 2.33. The smallest absolute Gasteiger partial charge is 0.129 e. The first-order valence-electron chi connectivity index (χ1n) is 6.15. The number of anilines is 1. The summed E-state index contributed by atoms with van der Waals surface area (Å²) in [6.07, 6.45) is 3.84. The third-order valence-electron chi connectivity index (χ3n) is 3.53. The number of hydrogen-bond donors (Lipinski definition) is 2. The molecule has 2 rings (SSSR count). The van der Waals surface area contributed by atoms with Gasteiger partial charge in [0.1, 0.15) is 11.7 Å². The largest absolute Gasteiger partial charge is 0.384 e. The van der Waals surface area contributed by atoms with E-state index >= 15 is 0 Å². The molecule has 1 saturated heterocycles. The second-order valence-electron chi connectivity index (χ2n) is 5.00. The molecule has 1 aliphatic rings. The van der Waals surface area contributed by atoms with Crippen LogP contribution in [0.1, 0.15) is 25.3 Å². The predicted molar refractivity (Wildman–Crippen MR) is 72.1 cm³/mol. The molecule has 3 N–H and O–H groups in total. The van der Waals surface area contributed by atoms with E-state index in [-0.39, 0.29) is 11.4 Å². The highest BCUT2D eigenvalue weighted by Crippen LogP contribution is 2.27. The Morgan fingerprint density at radius 2 is 2.39 bits per heavy atom. The number of ether oxygens (including phenoxy) is 1. The molecule has 5 nitrogen and oxygen atoms in total. The number of methoxy groups -OCH3 is 1. The van der Waals surface area contributed by atoms with E-state index in [0.29, 0.717) is 5.56 Å². The van der Waals surface area contributed by atoms with E-state index in [1.165, 1.54) is 0 Å². The summed E-state index contributed by atoms with van der Waals surface area (Å²) in [5.41, 5.74) is 6.10. The van der Waals surface area contributed by atoms with Crippen LogP contribution < -0.4 is 10.6 Å². The average molecular weight is 248 g/mol. The van der Waals surface area contributed by atoms with Crippen molar-refractivity contribution in [1.82, 2.24) is 4.98 Å². The van der Waals surface area contributed by atoms with Crippen molar-refractivity contribution < 1.29 is 4.74 Å². The zero-order valence-electron chi connectivity index (χ0n) is 10.9. The van der Waals surface area contributed by atoms with Gasteiger partial charge in [-0.1, -0.05) is 0 Å². The fraction of sp³-hybridized carbons (Fsp3) is 0.538. The maximum absolute atomic E-state index is 7.47. The number of piperidine rings is 1. The maximum atomic E-state index is 7.47. The van der Waals surface area contributed by atoms with Crippen LogP contribution in [0.4, 0.5) is 5.82 Å². The molecule has 1 aromatic heterocycles. The lowest BCUT2D eigenvalue weighted by Gasteiger charge is -2.40. The Balaban J connectivity index is 2.21. The van der Waals surface area contributed by atoms with Crippen molar-refractivity contribution in [3.8, 4) is 0 Å². The normalized spacial score (nSPS) is 24.0. The van der Waals surface area contributed by atoms with Crippen LogP contribution in [0.15, 0.2) is 18.3 Å². The maximum Gasteiger partial charge on any atom is 0.129 e. The van der Waals surface area contributed by atoms with E-state index in [0.717, 1.165) is 31.7 Å². The van der Waals surface area contributed by atoms with Crippen LogP contribution in [0.5, 0.6) is 0 Å². The van der Waals surface area contributed by atoms with E-state index < -0.39 is 0 Å². The van der Waals surface area contributed by atoms with Crippen molar-refractivity contribution in [1.29, 1.82) is 5.41 Å². The molecule has 1 aromatic rings. The van der Waals surface area contributed by atoms with Crippen LogP contribution in [-0.2, 0) is 4.74 Å². The van der Waals surface area contributed by atoms with Crippen molar-refractivity contribution in [2.24, 2.45) is 5.73 Å². The predicted octanol–water partition coefficient (Wildman–Crippen LogP) is 1.37. The summed E-state index contributed by atoms with van der Waals surface area (Å²) >= 11 is 0. The first-order valence-corrected chi connectivity index (χ1v) is 6.15. The lowest BCUT2D eigenvalue weighted by molar-refractivity contribution is -0.00481. The first-order chi connectivity index (χ1) is 8.54. The number of aromatic nitrogens is 1. The standard InChI is InChI=1S/C13H20N4O/c1-13(18-2)5-3-7-17(9-13)11-8-10(12(14)15)4-6-16-11/h4,6,8H,3,5,7,9H2,1-2H3,(H3,14,15). The molecule has 1 fully saturated rings. The fourth-order valence-corrected chi connectivity index (χ4v) is 2.33. The van der Waals surface area contributed by atoms with Gasteiger partial charge in [-0.15, -0.1) is 0 Å². The Morgan fingerprint density at radius 3 is 3.06 bits per heavy atom. The van der Waals surface area contributed by atoms with E-state index in [2.05, 4.69) is 16.8 Å². The molecular formula is C13H20N4O. The Morgan fingerprint density at radius 1 is 1.61 bits per heavy atom. The Kier molecular flexibility index (Phi) is 3.52. The molecule has 2 heterocycles. The van der Waals surface area contributed by atoms with E-state index in [1.807, 2.05) is 6.07 Å². The van der Waals surface area contributed by atoms with Crippen LogP contribution in [0.25, 0.3) is 0 Å². The number of nitrogens with two attached hydrogens (primary N) is 1. The number of nitrogens with zero attached hydrogens (tertiary/aromatic N) is 2. The highest BCUT2D eigenvalue weighted by atomic mass is 16.5. The van der Waals surface area contributed by atoms with Crippen LogP contribution in [0.3, 0.4) is 0 Å². The second kappa shape index (κ2) is 4.94. The van der Waals surface area contributed by atoms with Gasteiger partial charge in [-0.25, -0.2) is 4.98 Å². The zero-order valence-corrected chi connectivity index (χ0v) is 10.9. The highest BCUT2D eigenvalue weighted by Gasteiger charge is 2.31. The van der Waals surface area contributed by atoms with Crippen LogP contribution in [-0.4, -0.2) is 36.6 Å². The molecule has 1 atom stereocenters. The average Bonchev–Trinajstić information content (AvgIpc) is 2.39. The molecule has 5 heteroatoms. The molecular weight excluding hydrogens is 228 g/mol. The Bertz CT molecular complexity index is 448. The van der Waals surface area contributed by atoms with Crippen LogP contribution >= 0.6 is 0 Å². The third-order valence-corrected chi connectivity index (χ3v) is 3.53. The van der Waals surface area contributed by atoms with Gasteiger partial charge in [-0.05, 0) is 31.9 Å². The quantitative estimate of drug-likeness (QED) is 0.626. The van der Waals surface area contributed by atoms with Gasteiger partial charge >= 0.3 is 0 Å². The van der Waals surface area contributed by atoms with Crippen molar-refractivity contribution in [2.75, 3.05) is 25.1 Å². The van der Waals surface area contributed by atoms with Crippen LogP contribution in [0.2, 0.25) is 0 Å².